The fourth-order valence-corrected chi connectivity index (χ4v) is 1.34. The fourth-order valence-electron chi connectivity index (χ4n) is 1.34. The van der Waals surface area contributed by atoms with Gasteiger partial charge >= 0.3 is 0 Å². The van der Waals surface area contributed by atoms with Gasteiger partial charge in [0.05, 0.1) is 0 Å². The first-order valence-corrected chi connectivity index (χ1v) is 5.12. The van der Waals surface area contributed by atoms with Gasteiger partial charge < -0.3 is 11.1 Å². The van der Waals surface area contributed by atoms with E-state index in [-0.39, 0.29) is 5.96 Å². The quantitative estimate of drug-likeness (QED) is 0.337. The summed E-state index contributed by atoms with van der Waals surface area (Å²) in [6, 6.07) is 0. The molecule has 0 aromatic carbocycles. The molecular formula is C10H23N3. The Hall–Kier alpha value is -0.730. The van der Waals surface area contributed by atoms with Crippen molar-refractivity contribution in [2.75, 3.05) is 6.54 Å². The second kappa shape index (κ2) is 5.84. The molecule has 0 aromatic rings. The van der Waals surface area contributed by atoms with Gasteiger partial charge in [-0.2, -0.15) is 0 Å². The van der Waals surface area contributed by atoms with Gasteiger partial charge in [0.25, 0.3) is 0 Å². The minimum atomic E-state index is 0.0784. The Morgan fingerprint density at radius 3 is 2.31 bits per heavy atom. The maximum Gasteiger partial charge on any atom is 0.185 e. The van der Waals surface area contributed by atoms with Crippen molar-refractivity contribution in [1.29, 1.82) is 5.41 Å². The Balaban J connectivity index is 3.55. The molecular weight excluding hydrogens is 162 g/mol. The number of hydrogen-bond acceptors (Lipinski definition) is 1. The Kier molecular flexibility index (Phi) is 5.51. The van der Waals surface area contributed by atoms with E-state index in [2.05, 4.69) is 26.1 Å². The van der Waals surface area contributed by atoms with E-state index in [1.807, 2.05) is 0 Å². The van der Waals surface area contributed by atoms with Crippen LogP contribution < -0.4 is 11.1 Å². The predicted molar refractivity (Wildman–Crippen MR) is 57.8 cm³/mol. The first kappa shape index (κ1) is 12.3. The Morgan fingerprint density at radius 1 is 1.38 bits per heavy atom. The van der Waals surface area contributed by atoms with Gasteiger partial charge in [0.2, 0.25) is 0 Å². The highest BCUT2D eigenvalue weighted by atomic mass is 15.0. The summed E-state index contributed by atoms with van der Waals surface area (Å²) in [6.45, 7) is 7.62. The topological polar surface area (TPSA) is 61.9 Å². The monoisotopic (exact) mass is 185 g/mol. The second-order valence-electron chi connectivity index (χ2n) is 3.96. The van der Waals surface area contributed by atoms with Crippen molar-refractivity contribution in [3.8, 4) is 0 Å². The molecule has 0 aliphatic rings. The summed E-state index contributed by atoms with van der Waals surface area (Å²) in [4.78, 5) is 0. The number of nitrogens with one attached hydrogen (secondary N) is 2. The van der Waals surface area contributed by atoms with Crippen LogP contribution in [0.4, 0.5) is 0 Å². The second-order valence-corrected chi connectivity index (χ2v) is 3.96. The van der Waals surface area contributed by atoms with Crippen LogP contribution in [0.1, 0.15) is 46.5 Å². The highest BCUT2D eigenvalue weighted by Crippen LogP contribution is 2.30. The smallest absolute Gasteiger partial charge is 0.185 e. The SMILES string of the molecule is CCC(C)(CC)CCCNC(=N)N. The molecule has 0 bridgehead atoms. The molecule has 0 atom stereocenters. The van der Waals surface area contributed by atoms with Crippen LogP contribution in [0.5, 0.6) is 0 Å². The summed E-state index contributed by atoms with van der Waals surface area (Å²) in [7, 11) is 0. The molecule has 0 aliphatic carbocycles. The average Bonchev–Trinajstić information content (AvgIpc) is 2.12. The third kappa shape index (κ3) is 5.50. The molecule has 0 aliphatic heterocycles. The summed E-state index contributed by atoms with van der Waals surface area (Å²) >= 11 is 0. The molecule has 0 fully saturated rings. The zero-order chi connectivity index (χ0) is 10.3. The molecule has 0 saturated carbocycles. The maximum atomic E-state index is 6.99. The Labute approximate surface area is 81.6 Å². The molecule has 0 unspecified atom stereocenters. The van der Waals surface area contributed by atoms with Crippen LogP contribution in [0.3, 0.4) is 0 Å². The average molecular weight is 185 g/mol. The lowest BCUT2D eigenvalue weighted by atomic mass is 9.80. The molecule has 3 nitrogen and oxygen atoms in total. The van der Waals surface area contributed by atoms with Gasteiger partial charge in [0, 0.05) is 6.54 Å². The Morgan fingerprint density at radius 2 is 1.92 bits per heavy atom. The minimum absolute atomic E-state index is 0.0784. The maximum absolute atomic E-state index is 6.99. The van der Waals surface area contributed by atoms with Crippen molar-refractivity contribution in [2.24, 2.45) is 11.1 Å². The number of nitrogens with two attached hydrogens (primary N) is 1. The van der Waals surface area contributed by atoms with Crippen LogP contribution in [-0.4, -0.2) is 12.5 Å². The fraction of sp³-hybridized carbons (Fsp3) is 0.900. The molecule has 0 rings (SSSR count). The van der Waals surface area contributed by atoms with Gasteiger partial charge in [-0.05, 0) is 18.3 Å². The van der Waals surface area contributed by atoms with Crippen molar-refractivity contribution < 1.29 is 0 Å². The van der Waals surface area contributed by atoms with Gasteiger partial charge in [0.1, 0.15) is 0 Å². The summed E-state index contributed by atoms with van der Waals surface area (Å²) in [6.07, 6.45) is 4.76. The molecule has 3 heteroatoms. The molecule has 0 spiro atoms. The lowest BCUT2D eigenvalue weighted by Gasteiger charge is -2.26. The highest BCUT2D eigenvalue weighted by molar-refractivity contribution is 5.74. The standard InChI is InChI=1S/C10H23N3/c1-4-10(3,5-2)7-6-8-13-9(11)12/h4-8H2,1-3H3,(H4,11,12,13). The number of rotatable bonds is 6. The normalized spacial score (nSPS) is 11.3. The van der Waals surface area contributed by atoms with Gasteiger partial charge in [-0.3, -0.25) is 5.41 Å². The molecule has 0 radical (unpaired) electrons. The first-order chi connectivity index (χ1) is 6.04. The molecule has 0 saturated heterocycles. The largest absolute Gasteiger partial charge is 0.370 e. The van der Waals surface area contributed by atoms with Gasteiger partial charge in [-0.25, -0.2) is 0 Å². The minimum Gasteiger partial charge on any atom is -0.370 e. The van der Waals surface area contributed by atoms with Crippen molar-refractivity contribution >= 4 is 5.96 Å². The van der Waals surface area contributed by atoms with Crippen LogP contribution in [-0.2, 0) is 0 Å². The van der Waals surface area contributed by atoms with Crippen LogP contribution >= 0.6 is 0 Å². The summed E-state index contributed by atoms with van der Waals surface area (Å²) in [5.74, 6) is 0.0784. The third-order valence-electron chi connectivity index (χ3n) is 2.98. The third-order valence-corrected chi connectivity index (χ3v) is 2.98. The summed E-state index contributed by atoms with van der Waals surface area (Å²) in [5.41, 5.74) is 5.65. The van der Waals surface area contributed by atoms with Crippen molar-refractivity contribution in [3.63, 3.8) is 0 Å². The van der Waals surface area contributed by atoms with E-state index in [1.165, 1.54) is 19.3 Å². The molecule has 4 N–H and O–H groups in total. The van der Waals surface area contributed by atoms with Crippen molar-refractivity contribution in [2.45, 2.75) is 46.5 Å². The number of hydrogen-bond donors (Lipinski definition) is 3. The van der Waals surface area contributed by atoms with Crippen LogP contribution in [0.25, 0.3) is 0 Å². The van der Waals surface area contributed by atoms with E-state index in [1.54, 1.807) is 0 Å². The van der Waals surface area contributed by atoms with Gasteiger partial charge in [-0.1, -0.05) is 33.6 Å². The van der Waals surface area contributed by atoms with Crippen LogP contribution in [0, 0.1) is 10.8 Å². The molecule has 78 valence electrons. The molecule has 0 aromatic heterocycles. The number of guanidine groups is 1. The van der Waals surface area contributed by atoms with Gasteiger partial charge in [-0.15, -0.1) is 0 Å². The van der Waals surface area contributed by atoms with Crippen molar-refractivity contribution in [3.05, 3.63) is 0 Å². The zero-order valence-electron chi connectivity index (χ0n) is 9.11. The molecule has 13 heavy (non-hydrogen) atoms. The highest BCUT2D eigenvalue weighted by Gasteiger charge is 2.18. The summed E-state index contributed by atoms with van der Waals surface area (Å²) < 4.78 is 0. The van der Waals surface area contributed by atoms with E-state index in [0.29, 0.717) is 5.41 Å². The van der Waals surface area contributed by atoms with Crippen molar-refractivity contribution in [1.82, 2.24) is 5.32 Å². The van der Waals surface area contributed by atoms with Crippen LogP contribution in [0.2, 0.25) is 0 Å². The van der Waals surface area contributed by atoms with Crippen LogP contribution in [0.15, 0.2) is 0 Å². The summed E-state index contributed by atoms with van der Waals surface area (Å²) in [5, 5.41) is 9.81. The van der Waals surface area contributed by atoms with Gasteiger partial charge in [0.15, 0.2) is 5.96 Å². The van der Waals surface area contributed by atoms with E-state index in [0.717, 1.165) is 13.0 Å². The predicted octanol–water partition coefficient (Wildman–Crippen LogP) is 2.08. The lowest BCUT2D eigenvalue weighted by Crippen LogP contribution is -2.31. The zero-order valence-corrected chi connectivity index (χ0v) is 9.11. The first-order valence-electron chi connectivity index (χ1n) is 5.12. The molecule has 0 amide bonds. The van der Waals surface area contributed by atoms with E-state index in [4.69, 9.17) is 11.1 Å². The van der Waals surface area contributed by atoms with E-state index < -0.39 is 0 Å². The lowest BCUT2D eigenvalue weighted by molar-refractivity contribution is 0.266. The molecule has 0 heterocycles. The van der Waals surface area contributed by atoms with E-state index in [9.17, 15) is 0 Å². The van der Waals surface area contributed by atoms with E-state index >= 15 is 0 Å². The Bertz CT molecular complexity index is 150.